The molecule has 0 aromatic carbocycles. The van der Waals surface area contributed by atoms with E-state index in [1.807, 2.05) is 13.1 Å². The van der Waals surface area contributed by atoms with E-state index in [1.165, 1.54) is 0 Å². The van der Waals surface area contributed by atoms with Crippen molar-refractivity contribution in [1.82, 2.24) is 29.5 Å². The van der Waals surface area contributed by atoms with Crippen LogP contribution in [0.15, 0.2) is 30.9 Å². The fourth-order valence-electron chi connectivity index (χ4n) is 2.23. The van der Waals surface area contributed by atoms with E-state index in [0.717, 1.165) is 5.56 Å². The molecule has 0 saturated carbocycles. The minimum atomic E-state index is -0.156. The second-order valence-corrected chi connectivity index (χ2v) is 4.87. The molecule has 0 bridgehead atoms. The minimum absolute atomic E-state index is 0.156. The van der Waals surface area contributed by atoms with Crippen LogP contribution in [0.5, 0.6) is 0 Å². The fourth-order valence-corrected chi connectivity index (χ4v) is 2.23. The zero-order valence-corrected chi connectivity index (χ0v) is 11.9. The summed E-state index contributed by atoms with van der Waals surface area (Å²) in [7, 11) is 0. The molecule has 3 rings (SSSR count). The summed E-state index contributed by atoms with van der Waals surface area (Å²) >= 11 is 0. The van der Waals surface area contributed by atoms with E-state index in [-0.39, 0.29) is 5.91 Å². The van der Waals surface area contributed by atoms with Crippen molar-refractivity contribution in [3.05, 3.63) is 47.8 Å². The van der Waals surface area contributed by atoms with Crippen LogP contribution in [0.1, 0.15) is 21.7 Å². The average molecular weight is 284 g/mol. The van der Waals surface area contributed by atoms with Gasteiger partial charge in [0, 0.05) is 25.1 Å². The topological polar surface area (TPSA) is 77.1 Å². The molecule has 108 valence electrons. The van der Waals surface area contributed by atoms with Gasteiger partial charge in [-0.25, -0.2) is 9.97 Å². The van der Waals surface area contributed by atoms with Crippen LogP contribution in [0, 0.1) is 13.8 Å². The fraction of sp³-hybridized carbons (Fsp3) is 0.286. The molecular formula is C14H16N6O. The van der Waals surface area contributed by atoms with E-state index < -0.39 is 0 Å². The van der Waals surface area contributed by atoms with Crippen molar-refractivity contribution in [2.24, 2.45) is 0 Å². The highest BCUT2D eigenvalue weighted by Crippen LogP contribution is 2.09. The predicted molar refractivity (Wildman–Crippen MR) is 77.0 cm³/mol. The van der Waals surface area contributed by atoms with Crippen LogP contribution in [0.25, 0.3) is 5.78 Å². The number of fused-ring (bicyclic) bond motifs is 1. The maximum Gasteiger partial charge on any atom is 0.270 e. The Morgan fingerprint density at radius 2 is 2.24 bits per heavy atom. The predicted octanol–water partition coefficient (Wildman–Crippen LogP) is 0.973. The molecule has 0 aliphatic rings. The third kappa shape index (κ3) is 2.62. The molecule has 0 radical (unpaired) electrons. The van der Waals surface area contributed by atoms with Crippen molar-refractivity contribution in [1.29, 1.82) is 0 Å². The van der Waals surface area contributed by atoms with Gasteiger partial charge in [0.1, 0.15) is 5.69 Å². The van der Waals surface area contributed by atoms with E-state index in [2.05, 4.69) is 20.4 Å². The van der Waals surface area contributed by atoms with Gasteiger partial charge in [-0.1, -0.05) is 0 Å². The van der Waals surface area contributed by atoms with Crippen LogP contribution in [0.4, 0.5) is 0 Å². The van der Waals surface area contributed by atoms with E-state index in [4.69, 9.17) is 0 Å². The lowest BCUT2D eigenvalue weighted by atomic mass is 10.3. The number of nitrogens with one attached hydrogen (secondary N) is 1. The summed E-state index contributed by atoms with van der Waals surface area (Å²) in [6.45, 7) is 4.93. The van der Waals surface area contributed by atoms with Gasteiger partial charge in [0.05, 0.1) is 18.4 Å². The smallest absolute Gasteiger partial charge is 0.270 e. The maximum atomic E-state index is 12.3. The number of hydrogen-bond donors (Lipinski definition) is 1. The Hall–Kier alpha value is -2.70. The third-order valence-corrected chi connectivity index (χ3v) is 3.18. The van der Waals surface area contributed by atoms with E-state index in [0.29, 0.717) is 30.3 Å². The second kappa shape index (κ2) is 5.35. The summed E-state index contributed by atoms with van der Waals surface area (Å²) in [4.78, 5) is 20.7. The van der Waals surface area contributed by atoms with E-state index >= 15 is 0 Å². The highest BCUT2D eigenvalue weighted by Gasteiger charge is 2.16. The zero-order chi connectivity index (χ0) is 14.8. The molecule has 0 aliphatic carbocycles. The first-order valence-corrected chi connectivity index (χ1v) is 6.72. The molecule has 3 aromatic rings. The lowest BCUT2D eigenvalue weighted by Crippen LogP contribution is -2.29. The number of carbonyl (C=O) groups is 1. The van der Waals surface area contributed by atoms with Gasteiger partial charge in [-0.15, -0.1) is 0 Å². The average Bonchev–Trinajstić information content (AvgIpc) is 3.01. The van der Waals surface area contributed by atoms with Crippen LogP contribution in [-0.4, -0.2) is 36.6 Å². The molecule has 3 aromatic heterocycles. The monoisotopic (exact) mass is 284 g/mol. The summed E-state index contributed by atoms with van der Waals surface area (Å²) in [5, 5.41) is 7.07. The summed E-state index contributed by atoms with van der Waals surface area (Å²) in [6, 6.07) is 1.78. The second-order valence-electron chi connectivity index (χ2n) is 4.87. The molecule has 0 saturated heterocycles. The number of hydrogen-bond acceptors (Lipinski definition) is 4. The maximum absolute atomic E-state index is 12.3. The summed E-state index contributed by atoms with van der Waals surface area (Å²) < 4.78 is 3.50. The van der Waals surface area contributed by atoms with Crippen molar-refractivity contribution in [3.8, 4) is 0 Å². The van der Waals surface area contributed by atoms with Gasteiger partial charge < -0.3 is 5.32 Å². The van der Waals surface area contributed by atoms with Crippen molar-refractivity contribution in [2.45, 2.75) is 20.4 Å². The van der Waals surface area contributed by atoms with Crippen molar-refractivity contribution >= 4 is 11.7 Å². The summed E-state index contributed by atoms with van der Waals surface area (Å²) in [6.07, 6.45) is 7.18. The Kier molecular flexibility index (Phi) is 3.39. The van der Waals surface area contributed by atoms with Crippen LogP contribution in [0.3, 0.4) is 0 Å². The molecule has 21 heavy (non-hydrogen) atoms. The van der Waals surface area contributed by atoms with Crippen molar-refractivity contribution < 1.29 is 4.79 Å². The van der Waals surface area contributed by atoms with E-state index in [1.54, 1.807) is 40.7 Å². The standard InChI is InChI=1S/C14H16N6O/c1-10-8-17-19(9-10)7-5-15-13(21)12-11(2)18-14-16-4-3-6-20(12)14/h3-4,6,8-9H,5,7H2,1-2H3,(H,15,21). The molecule has 0 atom stereocenters. The first-order valence-electron chi connectivity index (χ1n) is 6.72. The number of carbonyl (C=O) groups excluding carboxylic acids is 1. The van der Waals surface area contributed by atoms with Crippen molar-refractivity contribution in [3.63, 3.8) is 0 Å². The Morgan fingerprint density at radius 1 is 1.38 bits per heavy atom. The van der Waals surface area contributed by atoms with Gasteiger partial charge in [-0.2, -0.15) is 5.10 Å². The first kappa shape index (κ1) is 13.3. The Bertz CT molecular complexity index is 788. The number of nitrogens with zero attached hydrogens (tertiary/aromatic N) is 5. The molecule has 1 amide bonds. The highest BCUT2D eigenvalue weighted by atomic mass is 16.1. The van der Waals surface area contributed by atoms with Gasteiger partial charge in [-0.05, 0) is 25.5 Å². The van der Waals surface area contributed by atoms with E-state index in [9.17, 15) is 4.79 Å². The van der Waals surface area contributed by atoms with Crippen LogP contribution < -0.4 is 5.32 Å². The Labute approximate surface area is 121 Å². The highest BCUT2D eigenvalue weighted by molar-refractivity contribution is 5.94. The molecule has 0 fully saturated rings. The number of rotatable bonds is 4. The first-order chi connectivity index (χ1) is 10.1. The van der Waals surface area contributed by atoms with Gasteiger partial charge in [-0.3, -0.25) is 13.9 Å². The van der Waals surface area contributed by atoms with Gasteiger partial charge >= 0.3 is 0 Å². The zero-order valence-electron chi connectivity index (χ0n) is 11.9. The van der Waals surface area contributed by atoms with Gasteiger partial charge in [0.25, 0.3) is 5.91 Å². The molecule has 3 heterocycles. The third-order valence-electron chi connectivity index (χ3n) is 3.18. The normalized spacial score (nSPS) is 11.0. The summed E-state index contributed by atoms with van der Waals surface area (Å²) in [5.41, 5.74) is 2.29. The number of amides is 1. The lowest BCUT2D eigenvalue weighted by Gasteiger charge is -2.06. The number of imidazole rings is 1. The molecule has 1 N–H and O–H groups in total. The molecular weight excluding hydrogens is 268 g/mol. The van der Waals surface area contributed by atoms with Gasteiger partial charge in [0.2, 0.25) is 5.78 Å². The largest absolute Gasteiger partial charge is 0.349 e. The molecule has 7 heteroatoms. The quantitative estimate of drug-likeness (QED) is 0.774. The molecule has 0 aliphatic heterocycles. The lowest BCUT2D eigenvalue weighted by molar-refractivity contribution is 0.0945. The van der Waals surface area contributed by atoms with Gasteiger partial charge in [0.15, 0.2) is 0 Å². The van der Waals surface area contributed by atoms with Crippen LogP contribution >= 0.6 is 0 Å². The SMILES string of the molecule is Cc1cnn(CCNC(=O)c2c(C)nc3ncccn23)c1. The molecule has 0 spiro atoms. The Balaban J connectivity index is 1.71. The molecule has 7 nitrogen and oxygen atoms in total. The van der Waals surface area contributed by atoms with Crippen molar-refractivity contribution in [2.75, 3.05) is 6.54 Å². The van der Waals surface area contributed by atoms with Crippen LogP contribution in [-0.2, 0) is 6.54 Å². The van der Waals surface area contributed by atoms with Crippen LogP contribution in [0.2, 0.25) is 0 Å². The molecule has 0 unspecified atom stereocenters. The minimum Gasteiger partial charge on any atom is -0.349 e. The number of aromatic nitrogens is 5. The Morgan fingerprint density at radius 3 is 3.00 bits per heavy atom. The summed E-state index contributed by atoms with van der Waals surface area (Å²) in [5.74, 6) is 0.375. The number of aryl methyl sites for hydroxylation is 2.